The molecule has 3 nitrogen and oxygen atoms in total. The summed E-state index contributed by atoms with van der Waals surface area (Å²) in [6.45, 7) is 7.72. The number of hydrogen-bond acceptors (Lipinski definition) is 2. The summed E-state index contributed by atoms with van der Waals surface area (Å²) < 4.78 is 0. The van der Waals surface area contributed by atoms with Crippen LogP contribution in [-0.4, -0.2) is 36.5 Å². The Hall–Kier alpha value is -0.570. The molecule has 1 amide bonds. The van der Waals surface area contributed by atoms with Gasteiger partial charge in [0.05, 0.1) is 6.04 Å². The predicted molar refractivity (Wildman–Crippen MR) is 83.6 cm³/mol. The van der Waals surface area contributed by atoms with Crippen LogP contribution >= 0.6 is 0 Å². The molecule has 1 N–H and O–H groups in total. The lowest BCUT2D eigenvalue weighted by atomic mass is 9.76. The van der Waals surface area contributed by atoms with Crippen molar-refractivity contribution >= 4 is 5.91 Å². The highest BCUT2D eigenvalue weighted by Gasteiger charge is 2.40. The number of nitrogens with zero attached hydrogens (tertiary/aromatic N) is 1. The van der Waals surface area contributed by atoms with Crippen LogP contribution in [0, 0.1) is 11.3 Å². The van der Waals surface area contributed by atoms with E-state index in [1.54, 1.807) is 0 Å². The van der Waals surface area contributed by atoms with Crippen molar-refractivity contribution in [1.29, 1.82) is 0 Å². The maximum absolute atomic E-state index is 12.8. The molecule has 3 heteroatoms. The third-order valence-electron chi connectivity index (χ3n) is 5.66. The highest BCUT2D eigenvalue weighted by atomic mass is 16.2. The molecule has 1 saturated carbocycles. The molecule has 116 valence electrons. The standard InChI is InChI=1S/C17H32N2O/c1-5-13-7-9-14(10-8-13)19(4)16(20)15-17(2,3)11-6-12-18-15/h13-15,18H,5-12H2,1-4H3. The number of nitrogens with one attached hydrogen (secondary N) is 1. The minimum atomic E-state index is 0.00477. The molecule has 1 aliphatic heterocycles. The van der Waals surface area contributed by atoms with Gasteiger partial charge in [0.2, 0.25) is 5.91 Å². The zero-order chi connectivity index (χ0) is 14.8. The number of piperidine rings is 1. The summed E-state index contributed by atoms with van der Waals surface area (Å²) in [6.07, 6.45) is 8.58. The molecular formula is C17H32N2O. The first-order valence-corrected chi connectivity index (χ1v) is 8.45. The molecule has 0 aromatic heterocycles. The van der Waals surface area contributed by atoms with Crippen LogP contribution in [0.1, 0.15) is 65.7 Å². The van der Waals surface area contributed by atoms with E-state index in [2.05, 4.69) is 31.0 Å². The first-order valence-electron chi connectivity index (χ1n) is 8.45. The molecule has 2 rings (SSSR count). The SMILES string of the molecule is CCC1CCC(N(C)C(=O)C2NCCCC2(C)C)CC1. The number of carbonyl (C=O) groups excluding carboxylic acids is 1. The number of hydrogen-bond donors (Lipinski definition) is 1. The summed E-state index contributed by atoms with van der Waals surface area (Å²) in [5.41, 5.74) is 0.0875. The quantitative estimate of drug-likeness (QED) is 0.861. The van der Waals surface area contributed by atoms with Gasteiger partial charge in [0, 0.05) is 13.1 Å². The van der Waals surface area contributed by atoms with Crippen LogP contribution in [-0.2, 0) is 4.79 Å². The van der Waals surface area contributed by atoms with Crippen LogP contribution in [0.2, 0.25) is 0 Å². The van der Waals surface area contributed by atoms with Crippen molar-refractivity contribution in [2.45, 2.75) is 77.8 Å². The van der Waals surface area contributed by atoms with Gasteiger partial charge in [-0.3, -0.25) is 4.79 Å². The molecule has 2 aliphatic rings. The fourth-order valence-corrected chi connectivity index (χ4v) is 3.96. The van der Waals surface area contributed by atoms with Gasteiger partial charge >= 0.3 is 0 Å². The molecule has 1 unspecified atom stereocenters. The van der Waals surface area contributed by atoms with Crippen LogP contribution < -0.4 is 5.32 Å². The van der Waals surface area contributed by atoms with Crippen LogP contribution in [0.25, 0.3) is 0 Å². The van der Waals surface area contributed by atoms with Crippen molar-refractivity contribution < 1.29 is 4.79 Å². The van der Waals surface area contributed by atoms with Crippen LogP contribution in [0.4, 0.5) is 0 Å². The van der Waals surface area contributed by atoms with Gasteiger partial charge in [-0.1, -0.05) is 27.2 Å². The Kier molecular flexibility index (Phi) is 5.11. The Balaban J connectivity index is 1.95. The average Bonchev–Trinajstić information content (AvgIpc) is 2.45. The van der Waals surface area contributed by atoms with Gasteiger partial charge in [-0.15, -0.1) is 0 Å². The second-order valence-electron chi connectivity index (χ2n) is 7.51. The smallest absolute Gasteiger partial charge is 0.240 e. The van der Waals surface area contributed by atoms with Crippen LogP contribution in [0.3, 0.4) is 0 Å². The normalized spacial score (nSPS) is 33.7. The van der Waals surface area contributed by atoms with E-state index in [9.17, 15) is 4.79 Å². The second-order valence-corrected chi connectivity index (χ2v) is 7.51. The van der Waals surface area contributed by atoms with Crippen molar-refractivity contribution in [3.8, 4) is 0 Å². The Morgan fingerprint density at radius 1 is 1.25 bits per heavy atom. The Morgan fingerprint density at radius 2 is 1.90 bits per heavy atom. The number of amides is 1. The van der Waals surface area contributed by atoms with E-state index in [1.165, 1.54) is 38.5 Å². The van der Waals surface area contributed by atoms with E-state index in [0.29, 0.717) is 11.9 Å². The highest BCUT2D eigenvalue weighted by molar-refractivity contribution is 5.83. The number of carbonyl (C=O) groups is 1. The Morgan fingerprint density at radius 3 is 2.45 bits per heavy atom. The lowest BCUT2D eigenvalue weighted by Crippen LogP contribution is -2.57. The summed E-state index contributed by atoms with van der Waals surface area (Å²) in [5, 5.41) is 3.46. The second kappa shape index (κ2) is 6.46. The molecule has 20 heavy (non-hydrogen) atoms. The van der Waals surface area contributed by atoms with E-state index < -0.39 is 0 Å². The van der Waals surface area contributed by atoms with Crippen molar-refractivity contribution in [1.82, 2.24) is 10.2 Å². The topological polar surface area (TPSA) is 32.3 Å². The van der Waals surface area contributed by atoms with Gasteiger partial charge in [0.25, 0.3) is 0 Å². The summed E-state index contributed by atoms with van der Waals surface area (Å²) in [4.78, 5) is 14.9. The molecule has 1 heterocycles. The summed E-state index contributed by atoms with van der Waals surface area (Å²) >= 11 is 0. The fraction of sp³-hybridized carbons (Fsp3) is 0.941. The molecule has 1 aliphatic carbocycles. The van der Waals surface area contributed by atoms with Crippen molar-refractivity contribution in [3.63, 3.8) is 0 Å². The van der Waals surface area contributed by atoms with Crippen LogP contribution in [0.5, 0.6) is 0 Å². The average molecular weight is 280 g/mol. The molecule has 2 fully saturated rings. The Labute approximate surface area is 124 Å². The first-order chi connectivity index (χ1) is 9.45. The fourth-order valence-electron chi connectivity index (χ4n) is 3.96. The minimum absolute atomic E-state index is 0.00477. The minimum Gasteiger partial charge on any atom is -0.341 e. The van der Waals surface area contributed by atoms with Crippen molar-refractivity contribution in [3.05, 3.63) is 0 Å². The molecule has 0 spiro atoms. The van der Waals surface area contributed by atoms with E-state index in [-0.39, 0.29) is 11.5 Å². The van der Waals surface area contributed by atoms with Crippen molar-refractivity contribution in [2.24, 2.45) is 11.3 Å². The molecular weight excluding hydrogens is 248 g/mol. The lowest BCUT2D eigenvalue weighted by Gasteiger charge is -2.43. The summed E-state index contributed by atoms with van der Waals surface area (Å²) in [6, 6.07) is 0.468. The lowest BCUT2D eigenvalue weighted by molar-refractivity contribution is -0.139. The molecule has 0 aromatic carbocycles. The molecule has 1 atom stereocenters. The maximum atomic E-state index is 12.8. The first kappa shape index (κ1) is 15.8. The van der Waals surface area contributed by atoms with Gasteiger partial charge in [-0.05, 0) is 56.4 Å². The van der Waals surface area contributed by atoms with E-state index >= 15 is 0 Å². The molecule has 0 radical (unpaired) electrons. The third-order valence-corrected chi connectivity index (χ3v) is 5.66. The molecule has 0 aromatic rings. The summed E-state index contributed by atoms with van der Waals surface area (Å²) in [5.74, 6) is 1.20. The van der Waals surface area contributed by atoms with Gasteiger partial charge in [0.15, 0.2) is 0 Å². The number of rotatable bonds is 3. The van der Waals surface area contributed by atoms with E-state index in [0.717, 1.165) is 18.9 Å². The number of likely N-dealkylation sites (N-methyl/N-ethyl adjacent to an activating group) is 1. The Bertz CT molecular complexity index is 332. The van der Waals surface area contributed by atoms with Gasteiger partial charge in [-0.25, -0.2) is 0 Å². The van der Waals surface area contributed by atoms with Crippen LogP contribution in [0.15, 0.2) is 0 Å². The molecule has 0 bridgehead atoms. The zero-order valence-corrected chi connectivity index (χ0v) is 13.7. The molecule has 1 saturated heterocycles. The van der Waals surface area contributed by atoms with Gasteiger partial charge < -0.3 is 10.2 Å². The summed E-state index contributed by atoms with van der Waals surface area (Å²) in [7, 11) is 2.02. The monoisotopic (exact) mass is 280 g/mol. The predicted octanol–water partition coefficient (Wildman–Crippen LogP) is 3.19. The van der Waals surface area contributed by atoms with E-state index in [1.807, 2.05) is 7.05 Å². The maximum Gasteiger partial charge on any atom is 0.240 e. The highest BCUT2D eigenvalue weighted by Crippen LogP contribution is 2.33. The van der Waals surface area contributed by atoms with E-state index in [4.69, 9.17) is 0 Å². The van der Waals surface area contributed by atoms with Gasteiger partial charge in [0.1, 0.15) is 0 Å². The van der Waals surface area contributed by atoms with Gasteiger partial charge in [-0.2, -0.15) is 0 Å². The van der Waals surface area contributed by atoms with Crippen molar-refractivity contribution in [2.75, 3.05) is 13.6 Å². The third kappa shape index (κ3) is 3.36. The largest absolute Gasteiger partial charge is 0.341 e. The zero-order valence-electron chi connectivity index (χ0n) is 13.7.